The van der Waals surface area contributed by atoms with Gasteiger partial charge in [0, 0.05) is 19.5 Å². The molecular formula is C17H23NO. The Kier molecular flexibility index (Phi) is 3.34. The van der Waals surface area contributed by atoms with Crippen molar-refractivity contribution >= 4 is 5.91 Å². The molecule has 0 unspecified atom stereocenters. The van der Waals surface area contributed by atoms with E-state index < -0.39 is 0 Å². The molecule has 1 aliphatic heterocycles. The molecule has 0 aromatic heterocycles. The van der Waals surface area contributed by atoms with E-state index in [0.717, 1.165) is 25.9 Å². The smallest absolute Gasteiger partial charge is 0.223 e. The van der Waals surface area contributed by atoms with Crippen LogP contribution in [0.15, 0.2) is 18.2 Å². The Morgan fingerprint density at radius 1 is 1.32 bits per heavy atom. The summed E-state index contributed by atoms with van der Waals surface area (Å²) >= 11 is 0. The number of carbonyl (C=O) groups is 1. The van der Waals surface area contributed by atoms with Crippen LogP contribution in [0, 0.1) is 5.92 Å². The molecule has 19 heavy (non-hydrogen) atoms. The molecule has 2 aliphatic rings. The summed E-state index contributed by atoms with van der Waals surface area (Å²) in [4.78, 5) is 14.2. The minimum absolute atomic E-state index is 0.362. The molecule has 1 fully saturated rings. The molecule has 102 valence electrons. The number of amides is 1. The zero-order valence-corrected chi connectivity index (χ0v) is 12.0. The zero-order chi connectivity index (χ0) is 13.4. The number of carbonyl (C=O) groups excluding carboxylic acids is 1. The van der Waals surface area contributed by atoms with Gasteiger partial charge in [0.15, 0.2) is 0 Å². The zero-order valence-electron chi connectivity index (χ0n) is 12.0. The molecule has 1 heterocycles. The van der Waals surface area contributed by atoms with Crippen molar-refractivity contribution in [3.05, 3.63) is 34.9 Å². The molecule has 2 nitrogen and oxygen atoms in total. The summed E-state index contributed by atoms with van der Waals surface area (Å²) in [6.45, 7) is 6.19. The number of hydrogen-bond donors (Lipinski definition) is 0. The fourth-order valence-corrected chi connectivity index (χ4v) is 2.84. The van der Waals surface area contributed by atoms with E-state index in [2.05, 4.69) is 36.9 Å². The Bertz CT molecular complexity index is 488. The number of rotatable bonds is 3. The first-order valence-corrected chi connectivity index (χ1v) is 7.53. The van der Waals surface area contributed by atoms with Gasteiger partial charge in [-0.05, 0) is 47.8 Å². The molecule has 1 amide bonds. The van der Waals surface area contributed by atoms with Crippen LogP contribution < -0.4 is 0 Å². The molecule has 0 N–H and O–H groups in total. The summed E-state index contributed by atoms with van der Waals surface area (Å²) in [6.07, 6.45) is 4.31. The highest BCUT2D eigenvalue weighted by atomic mass is 16.2. The first-order chi connectivity index (χ1) is 9.13. The average molecular weight is 257 g/mol. The van der Waals surface area contributed by atoms with Crippen LogP contribution in [0.25, 0.3) is 0 Å². The second-order valence-electron chi connectivity index (χ2n) is 6.40. The van der Waals surface area contributed by atoms with E-state index in [9.17, 15) is 4.79 Å². The van der Waals surface area contributed by atoms with Crippen LogP contribution in [-0.2, 0) is 17.8 Å². The van der Waals surface area contributed by atoms with E-state index in [4.69, 9.17) is 0 Å². The molecule has 3 rings (SSSR count). The Labute approximate surface area is 115 Å². The van der Waals surface area contributed by atoms with E-state index in [1.54, 1.807) is 0 Å². The molecule has 1 aliphatic carbocycles. The maximum absolute atomic E-state index is 12.2. The lowest BCUT2D eigenvalue weighted by Gasteiger charge is -2.29. The molecule has 0 saturated heterocycles. The van der Waals surface area contributed by atoms with Crippen molar-refractivity contribution in [2.24, 2.45) is 5.92 Å². The number of fused-ring (bicyclic) bond motifs is 1. The van der Waals surface area contributed by atoms with Crippen LogP contribution in [0.2, 0.25) is 0 Å². The first-order valence-electron chi connectivity index (χ1n) is 7.53. The maximum atomic E-state index is 12.2. The van der Waals surface area contributed by atoms with Crippen LogP contribution in [0.3, 0.4) is 0 Å². The SMILES string of the molecule is CC(C)c1ccc2c(c1)CCN(C(=O)CC1CC1)C2. The van der Waals surface area contributed by atoms with Crippen LogP contribution in [-0.4, -0.2) is 17.4 Å². The molecule has 0 bridgehead atoms. The third kappa shape index (κ3) is 2.83. The van der Waals surface area contributed by atoms with Gasteiger partial charge >= 0.3 is 0 Å². The van der Waals surface area contributed by atoms with E-state index >= 15 is 0 Å². The van der Waals surface area contributed by atoms with Gasteiger partial charge in [0.25, 0.3) is 0 Å². The lowest BCUT2D eigenvalue weighted by Crippen LogP contribution is -2.36. The Hall–Kier alpha value is -1.31. The van der Waals surface area contributed by atoms with Crippen molar-refractivity contribution in [2.45, 2.75) is 52.0 Å². The van der Waals surface area contributed by atoms with Gasteiger partial charge in [0.2, 0.25) is 5.91 Å². The number of nitrogens with zero attached hydrogens (tertiary/aromatic N) is 1. The second kappa shape index (κ2) is 4.99. The fraction of sp³-hybridized carbons (Fsp3) is 0.588. The second-order valence-corrected chi connectivity index (χ2v) is 6.40. The average Bonchev–Trinajstić information content (AvgIpc) is 3.21. The lowest BCUT2D eigenvalue weighted by molar-refractivity contribution is -0.132. The van der Waals surface area contributed by atoms with Gasteiger partial charge < -0.3 is 4.90 Å². The highest BCUT2D eigenvalue weighted by Crippen LogP contribution is 2.33. The normalized spacial score (nSPS) is 18.6. The predicted octanol–water partition coefficient (Wildman–Crippen LogP) is 3.49. The van der Waals surface area contributed by atoms with Crippen molar-refractivity contribution in [3.8, 4) is 0 Å². The van der Waals surface area contributed by atoms with Crippen LogP contribution in [0.1, 0.15) is 55.7 Å². The van der Waals surface area contributed by atoms with Gasteiger partial charge in [0.05, 0.1) is 0 Å². The predicted molar refractivity (Wildman–Crippen MR) is 77.0 cm³/mol. The molecule has 2 heteroatoms. The standard InChI is InChI=1S/C17H23NO/c1-12(2)14-5-6-16-11-18(8-7-15(16)10-14)17(19)9-13-3-4-13/h5-6,10,12-13H,3-4,7-9,11H2,1-2H3. The quantitative estimate of drug-likeness (QED) is 0.811. The molecular weight excluding hydrogens is 234 g/mol. The summed E-state index contributed by atoms with van der Waals surface area (Å²) < 4.78 is 0. The minimum Gasteiger partial charge on any atom is -0.338 e. The Morgan fingerprint density at radius 3 is 2.79 bits per heavy atom. The van der Waals surface area contributed by atoms with Gasteiger partial charge in [-0.15, -0.1) is 0 Å². The first kappa shape index (κ1) is 12.7. The summed E-state index contributed by atoms with van der Waals surface area (Å²) in [7, 11) is 0. The molecule has 1 aromatic carbocycles. The van der Waals surface area contributed by atoms with Crippen LogP contribution in [0.4, 0.5) is 0 Å². The monoisotopic (exact) mass is 257 g/mol. The van der Waals surface area contributed by atoms with Crippen molar-refractivity contribution in [2.75, 3.05) is 6.54 Å². The molecule has 1 aromatic rings. The summed E-state index contributed by atoms with van der Waals surface area (Å²) in [5.74, 6) is 1.64. The summed E-state index contributed by atoms with van der Waals surface area (Å²) in [5, 5.41) is 0. The van der Waals surface area contributed by atoms with E-state index in [1.165, 1.54) is 29.5 Å². The Balaban J connectivity index is 1.71. The molecule has 1 saturated carbocycles. The van der Waals surface area contributed by atoms with Gasteiger partial charge in [-0.25, -0.2) is 0 Å². The topological polar surface area (TPSA) is 20.3 Å². The van der Waals surface area contributed by atoms with Gasteiger partial charge in [-0.1, -0.05) is 32.0 Å². The van der Waals surface area contributed by atoms with Crippen molar-refractivity contribution in [1.29, 1.82) is 0 Å². The highest BCUT2D eigenvalue weighted by molar-refractivity contribution is 5.77. The van der Waals surface area contributed by atoms with Gasteiger partial charge in [0.1, 0.15) is 0 Å². The van der Waals surface area contributed by atoms with Crippen molar-refractivity contribution in [1.82, 2.24) is 4.90 Å². The lowest BCUT2D eigenvalue weighted by atomic mass is 9.93. The number of hydrogen-bond acceptors (Lipinski definition) is 1. The molecule has 0 radical (unpaired) electrons. The third-order valence-electron chi connectivity index (χ3n) is 4.42. The van der Waals surface area contributed by atoms with E-state index in [-0.39, 0.29) is 0 Å². The van der Waals surface area contributed by atoms with Crippen LogP contribution >= 0.6 is 0 Å². The van der Waals surface area contributed by atoms with Crippen LogP contribution in [0.5, 0.6) is 0 Å². The molecule has 0 atom stereocenters. The molecule has 0 spiro atoms. The van der Waals surface area contributed by atoms with E-state index in [0.29, 0.717) is 17.7 Å². The van der Waals surface area contributed by atoms with E-state index in [1.807, 2.05) is 0 Å². The Morgan fingerprint density at radius 2 is 2.11 bits per heavy atom. The van der Waals surface area contributed by atoms with Gasteiger partial charge in [-0.3, -0.25) is 4.79 Å². The fourth-order valence-electron chi connectivity index (χ4n) is 2.84. The summed E-state index contributed by atoms with van der Waals surface area (Å²) in [5.41, 5.74) is 4.21. The van der Waals surface area contributed by atoms with Crippen molar-refractivity contribution in [3.63, 3.8) is 0 Å². The summed E-state index contributed by atoms with van der Waals surface area (Å²) in [6, 6.07) is 6.78. The highest BCUT2D eigenvalue weighted by Gasteiger charge is 2.28. The minimum atomic E-state index is 0.362. The maximum Gasteiger partial charge on any atom is 0.223 e. The van der Waals surface area contributed by atoms with Gasteiger partial charge in [-0.2, -0.15) is 0 Å². The number of benzene rings is 1. The third-order valence-corrected chi connectivity index (χ3v) is 4.42. The largest absolute Gasteiger partial charge is 0.338 e. The van der Waals surface area contributed by atoms with Crippen molar-refractivity contribution < 1.29 is 4.79 Å².